The van der Waals surface area contributed by atoms with Gasteiger partial charge >= 0.3 is 0 Å². The maximum atomic E-state index is 5.68. The van der Waals surface area contributed by atoms with Gasteiger partial charge in [0.25, 0.3) is 0 Å². The van der Waals surface area contributed by atoms with Crippen LogP contribution in [0.2, 0.25) is 0 Å². The molecule has 0 aliphatic rings. The van der Waals surface area contributed by atoms with E-state index in [9.17, 15) is 0 Å². The van der Waals surface area contributed by atoms with Crippen molar-refractivity contribution in [3.05, 3.63) is 40.7 Å². The summed E-state index contributed by atoms with van der Waals surface area (Å²) in [5, 5.41) is 2.10. The third-order valence-corrected chi connectivity index (χ3v) is 3.75. The summed E-state index contributed by atoms with van der Waals surface area (Å²) in [7, 11) is 2.07. The zero-order chi connectivity index (χ0) is 11.5. The Kier molecular flexibility index (Phi) is 3.10. The molecule has 2 aromatic heterocycles. The van der Waals surface area contributed by atoms with Crippen LogP contribution in [0.3, 0.4) is 0 Å². The Hall–Kier alpha value is -1.55. The molecule has 0 fully saturated rings. The van der Waals surface area contributed by atoms with Gasteiger partial charge in [-0.1, -0.05) is 6.07 Å². The van der Waals surface area contributed by atoms with E-state index in [0.717, 1.165) is 5.69 Å². The molecule has 0 radical (unpaired) electrons. The molecule has 2 aromatic rings. The molecule has 16 heavy (non-hydrogen) atoms. The van der Waals surface area contributed by atoms with Crippen molar-refractivity contribution in [1.29, 1.82) is 0 Å². The Morgan fingerprint density at radius 3 is 2.88 bits per heavy atom. The standard InChI is InChI=1S/C12H15N3S/c1-9(11-4-3-7-16-11)15(2)10-5-6-14-12(13)8-10/h3-9H,1-2H3,(H2,13,14). The van der Waals surface area contributed by atoms with Crippen molar-refractivity contribution in [1.82, 2.24) is 4.98 Å². The molecular formula is C12H15N3S. The van der Waals surface area contributed by atoms with Crippen LogP contribution in [-0.4, -0.2) is 12.0 Å². The Labute approximate surface area is 99.5 Å². The molecule has 3 nitrogen and oxygen atoms in total. The molecule has 4 heteroatoms. The Morgan fingerprint density at radius 1 is 1.44 bits per heavy atom. The number of hydrogen-bond acceptors (Lipinski definition) is 4. The molecule has 0 bridgehead atoms. The van der Waals surface area contributed by atoms with Crippen LogP contribution >= 0.6 is 11.3 Å². The van der Waals surface area contributed by atoms with Crippen LogP contribution in [0.5, 0.6) is 0 Å². The van der Waals surface area contributed by atoms with Crippen molar-refractivity contribution in [2.75, 3.05) is 17.7 Å². The van der Waals surface area contributed by atoms with Gasteiger partial charge in [0, 0.05) is 29.9 Å². The van der Waals surface area contributed by atoms with E-state index >= 15 is 0 Å². The minimum Gasteiger partial charge on any atom is -0.384 e. The zero-order valence-electron chi connectivity index (χ0n) is 9.42. The summed E-state index contributed by atoms with van der Waals surface area (Å²) in [4.78, 5) is 7.54. The van der Waals surface area contributed by atoms with Gasteiger partial charge in [0.1, 0.15) is 5.82 Å². The van der Waals surface area contributed by atoms with E-state index in [1.807, 2.05) is 12.1 Å². The minimum absolute atomic E-state index is 0.349. The lowest BCUT2D eigenvalue weighted by molar-refractivity contribution is 0.754. The van der Waals surface area contributed by atoms with Crippen molar-refractivity contribution >= 4 is 22.8 Å². The fourth-order valence-corrected chi connectivity index (χ4v) is 2.43. The van der Waals surface area contributed by atoms with Crippen LogP contribution in [0.15, 0.2) is 35.8 Å². The predicted molar refractivity (Wildman–Crippen MR) is 69.8 cm³/mol. The van der Waals surface area contributed by atoms with Gasteiger partial charge in [-0.25, -0.2) is 4.98 Å². The Morgan fingerprint density at radius 2 is 2.25 bits per heavy atom. The number of nitrogens with two attached hydrogens (primary N) is 1. The lowest BCUT2D eigenvalue weighted by Crippen LogP contribution is -2.20. The Balaban J connectivity index is 2.22. The molecule has 0 spiro atoms. The fraction of sp³-hybridized carbons (Fsp3) is 0.250. The van der Waals surface area contributed by atoms with Crippen LogP contribution in [0.25, 0.3) is 0 Å². The Bertz CT molecular complexity index is 453. The third kappa shape index (κ3) is 2.17. The minimum atomic E-state index is 0.349. The van der Waals surface area contributed by atoms with Crippen molar-refractivity contribution in [2.24, 2.45) is 0 Å². The molecule has 0 amide bonds. The average molecular weight is 233 g/mol. The van der Waals surface area contributed by atoms with Crippen LogP contribution in [0.4, 0.5) is 11.5 Å². The summed E-state index contributed by atoms with van der Waals surface area (Å²) < 4.78 is 0. The highest BCUT2D eigenvalue weighted by atomic mass is 32.1. The summed E-state index contributed by atoms with van der Waals surface area (Å²) in [5.41, 5.74) is 6.77. The van der Waals surface area contributed by atoms with E-state index < -0.39 is 0 Å². The van der Waals surface area contributed by atoms with Gasteiger partial charge in [0.2, 0.25) is 0 Å². The topological polar surface area (TPSA) is 42.2 Å². The van der Waals surface area contributed by atoms with E-state index in [0.29, 0.717) is 11.9 Å². The summed E-state index contributed by atoms with van der Waals surface area (Å²) in [6.45, 7) is 2.18. The van der Waals surface area contributed by atoms with Crippen LogP contribution < -0.4 is 10.6 Å². The highest BCUT2D eigenvalue weighted by molar-refractivity contribution is 7.10. The molecule has 1 unspecified atom stereocenters. The summed E-state index contributed by atoms with van der Waals surface area (Å²) in [5.74, 6) is 0.558. The first-order chi connectivity index (χ1) is 7.68. The maximum Gasteiger partial charge on any atom is 0.125 e. The van der Waals surface area contributed by atoms with Crippen molar-refractivity contribution in [2.45, 2.75) is 13.0 Å². The lowest BCUT2D eigenvalue weighted by atomic mass is 10.2. The number of anilines is 2. The highest BCUT2D eigenvalue weighted by Crippen LogP contribution is 2.28. The number of hydrogen-bond donors (Lipinski definition) is 1. The van der Waals surface area contributed by atoms with E-state index in [2.05, 4.69) is 41.4 Å². The van der Waals surface area contributed by atoms with Crippen LogP contribution in [-0.2, 0) is 0 Å². The molecule has 2 rings (SSSR count). The molecule has 0 saturated heterocycles. The number of thiophene rings is 1. The third-order valence-electron chi connectivity index (χ3n) is 2.71. The molecule has 0 aromatic carbocycles. The number of aromatic nitrogens is 1. The number of nitrogens with zero attached hydrogens (tertiary/aromatic N) is 2. The number of nitrogen functional groups attached to an aromatic ring is 1. The van der Waals surface area contributed by atoms with Crippen LogP contribution in [0.1, 0.15) is 17.8 Å². The van der Waals surface area contributed by atoms with Gasteiger partial charge in [-0.15, -0.1) is 11.3 Å². The summed E-state index contributed by atoms with van der Waals surface area (Å²) >= 11 is 1.77. The summed E-state index contributed by atoms with van der Waals surface area (Å²) in [6.07, 6.45) is 1.74. The smallest absolute Gasteiger partial charge is 0.125 e. The fourth-order valence-electron chi connectivity index (χ4n) is 1.60. The monoisotopic (exact) mass is 233 g/mol. The first-order valence-corrected chi connectivity index (χ1v) is 6.04. The first kappa shape index (κ1) is 11.0. The van der Waals surface area contributed by atoms with Gasteiger partial charge in [-0.05, 0) is 24.4 Å². The van der Waals surface area contributed by atoms with Gasteiger partial charge < -0.3 is 10.6 Å². The van der Waals surface area contributed by atoms with E-state index in [1.54, 1.807) is 17.5 Å². The van der Waals surface area contributed by atoms with Crippen LogP contribution in [0, 0.1) is 0 Å². The molecular weight excluding hydrogens is 218 g/mol. The van der Waals surface area contributed by atoms with E-state index in [1.165, 1.54) is 4.88 Å². The average Bonchev–Trinajstić information content (AvgIpc) is 2.80. The van der Waals surface area contributed by atoms with Crippen molar-refractivity contribution < 1.29 is 0 Å². The van der Waals surface area contributed by atoms with E-state index in [-0.39, 0.29) is 0 Å². The summed E-state index contributed by atoms with van der Waals surface area (Å²) in [6, 6.07) is 8.44. The van der Waals surface area contributed by atoms with Gasteiger partial charge in [0.05, 0.1) is 6.04 Å². The highest BCUT2D eigenvalue weighted by Gasteiger charge is 2.13. The SMILES string of the molecule is CC(c1cccs1)N(C)c1ccnc(N)c1. The second-order valence-corrected chi connectivity index (χ2v) is 4.72. The zero-order valence-corrected chi connectivity index (χ0v) is 10.2. The van der Waals surface area contributed by atoms with Gasteiger partial charge in [0.15, 0.2) is 0 Å². The quantitative estimate of drug-likeness (QED) is 0.886. The molecule has 0 saturated carbocycles. The normalized spacial score (nSPS) is 12.4. The predicted octanol–water partition coefficient (Wildman–Crippen LogP) is 2.92. The maximum absolute atomic E-state index is 5.68. The second-order valence-electron chi connectivity index (χ2n) is 3.74. The molecule has 2 N–H and O–H groups in total. The first-order valence-electron chi connectivity index (χ1n) is 5.16. The largest absolute Gasteiger partial charge is 0.384 e. The van der Waals surface area contributed by atoms with Gasteiger partial charge in [-0.2, -0.15) is 0 Å². The van der Waals surface area contributed by atoms with Gasteiger partial charge in [-0.3, -0.25) is 0 Å². The molecule has 0 aliphatic carbocycles. The van der Waals surface area contributed by atoms with Crippen molar-refractivity contribution in [3.63, 3.8) is 0 Å². The second kappa shape index (κ2) is 4.53. The molecule has 0 aliphatic heterocycles. The lowest BCUT2D eigenvalue weighted by Gasteiger charge is -2.26. The molecule has 1 atom stereocenters. The number of pyridine rings is 1. The molecule has 84 valence electrons. The van der Waals surface area contributed by atoms with Crippen molar-refractivity contribution in [3.8, 4) is 0 Å². The molecule has 2 heterocycles. The number of rotatable bonds is 3. The van der Waals surface area contributed by atoms with E-state index in [4.69, 9.17) is 5.73 Å².